The average molecular weight is 170 g/mol. The lowest BCUT2D eigenvalue weighted by atomic mass is 10.1. The summed E-state index contributed by atoms with van der Waals surface area (Å²) in [5.41, 5.74) is -0.180. The van der Waals surface area contributed by atoms with E-state index in [1.807, 2.05) is 20.8 Å². The van der Waals surface area contributed by atoms with Crippen molar-refractivity contribution < 1.29 is 5.11 Å². The summed E-state index contributed by atoms with van der Waals surface area (Å²) in [7, 11) is 0. The van der Waals surface area contributed by atoms with Crippen LogP contribution in [0, 0.1) is 0 Å². The normalized spacial score (nSPS) is 14.8. The van der Waals surface area contributed by atoms with Gasteiger partial charge in [-0.25, -0.2) is 0 Å². The highest BCUT2D eigenvalue weighted by Crippen LogP contribution is 2.11. The minimum atomic E-state index is -0.652. The molecule has 0 aliphatic heterocycles. The number of nitrogens with zero attached hydrogens (tertiary/aromatic N) is 4. The summed E-state index contributed by atoms with van der Waals surface area (Å²) < 4.78 is 0. The van der Waals surface area contributed by atoms with Crippen LogP contribution in [0.2, 0.25) is 0 Å². The molecule has 12 heavy (non-hydrogen) atoms. The van der Waals surface area contributed by atoms with Gasteiger partial charge in [0.1, 0.15) is 6.10 Å². The first kappa shape index (κ1) is 9.12. The Kier molecular flexibility index (Phi) is 2.14. The van der Waals surface area contributed by atoms with Crippen LogP contribution in [0.1, 0.15) is 39.6 Å². The van der Waals surface area contributed by atoms with Crippen molar-refractivity contribution in [3.05, 3.63) is 5.82 Å². The van der Waals surface area contributed by atoms with Crippen molar-refractivity contribution >= 4 is 0 Å². The van der Waals surface area contributed by atoms with E-state index in [9.17, 15) is 0 Å². The summed E-state index contributed by atoms with van der Waals surface area (Å²) in [5, 5.41) is 20.7. The lowest BCUT2D eigenvalue weighted by molar-refractivity contribution is 0.187. The summed E-state index contributed by atoms with van der Waals surface area (Å²) >= 11 is 0. The van der Waals surface area contributed by atoms with Crippen LogP contribution in [0.3, 0.4) is 0 Å². The van der Waals surface area contributed by atoms with E-state index in [2.05, 4.69) is 15.4 Å². The highest BCUT2D eigenvalue weighted by Gasteiger charge is 2.18. The molecule has 0 aliphatic carbocycles. The number of hydrogen-bond donors (Lipinski definition) is 1. The predicted octanol–water partition coefficient (Wildman–Crippen LogP) is 0.481. The van der Waals surface area contributed by atoms with Gasteiger partial charge in [0.15, 0.2) is 0 Å². The van der Waals surface area contributed by atoms with Crippen molar-refractivity contribution in [3.63, 3.8) is 0 Å². The van der Waals surface area contributed by atoms with Crippen LogP contribution in [0.25, 0.3) is 0 Å². The number of aromatic nitrogens is 4. The summed E-state index contributed by atoms with van der Waals surface area (Å²) in [5.74, 6) is 0.366. The van der Waals surface area contributed by atoms with Gasteiger partial charge in [0.2, 0.25) is 5.82 Å². The van der Waals surface area contributed by atoms with Crippen molar-refractivity contribution in [2.24, 2.45) is 0 Å². The molecule has 1 rings (SSSR count). The number of aliphatic hydroxyl groups is 1. The molecule has 0 bridgehead atoms. The smallest absolute Gasteiger partial charge is 0.202 e. The third-order valence-corrected chi connectivity index (χ3v) is 1.40. The summed E-state index contributed by atoms with van der Waals surface area (Å²) in [6.45, 7) is 7.53. The maximum absolute atomic E-state index is 9.12. The van der Waals surface area contributed by atoms with Crippen LogP contribution in [0.5, 0.6) is 0 Å². The Morgan fingerprint density at radius 3 is 2.25 bits per heavy atom. The Hall–Kier alpha value is -0.970. The highest BCUT2D eigenvalue weighted by molar-refractivity contribution is 4.82. The largest absolute Gasteiger partial charge is 0.385 e. The number of hydrogen-bond acceptors (Lipinski definition) is 4. The highest BCUT2D eigenvalue weighted by atomic mass is 16.3. The molecule has 1 N–H and O–H groups in total. The van der Waals surface area contributed by atoms with Crippen molar-refractivity contribution in [2.75, 3.05) is 0 Å². The molecule has 0 radical (unpaired) electrons. The molecule has 1 heterocycles. The summed E-state index contributed by atoms with van der Waals surface area (Å²) in [6.07, 6.45) is -0.652. The third-order valence-electron chi connectivity index (χ3n) is 1.40. The summed E-state index contributed by atoms with van der Waals surface area (Å²) in [4.78, 5) is 1.50. The lowest BCUT2D eigenvalue weighted by Crippen LogP contribution is -2.24. The molecule has 1 aromatic rings. The topological polar surface area (TPSA) is 63.8 Å². The molecule has 0 amide bonds. The van der Waals surface area contributed by atoms with Crippen LogP contribution in [0.15, 0.2) is 0 Å². The Balaban J connectivity index is 2.92. The van der Waals surface area contributed by atoms with Gasteiger partial charge >= 0.3 is 0 Å². The van der Waals surface area contributed by atoms with Crippen molar-refractivity contribution in [1.82, 2.24) is 20.2 Å². The molecule has 0 unspecified atom stereocenters. The van der Waals surface area contributed by atoms with Crippen LogP contribution >= 0.6 is 0 Å². The van der Waals surface area contributed by atoms with Crippen LogP contribution < -0.4 is 0 Å². The SMILES string of the molecule is C[C@H](O)c1nnn(C(C)(C)C)n1. The molecule has 1 atom stereocenters. The molecular formula is C7H14N4O. The zero-order valence-electron chi connectivity index (χ0n) is 7.81. The van der Waals surface area contributed by atoms with Crippen molar-refractivity contribution in [3.8, 4) is 0 Å². The minimum Gasteiger partial charge on any atom is -0.385 e. The first-order valence-electron chi connectivity index (χ1n) is 3.90. The van der Waals surface area contributed by atoms with Gasteiger partial charge in [-0.1, -0.05) is 0 Å². The molecule has 1 aromatic heterocycles. The molecule has 0 aliphatic rings. The standard InChI is InChI=1S/C7H14N4O/c1-5(12)6-8-10-11(9-6)7(2,3)4/h5,12H,1-4H3/t5-/m0/s1. The maximum atomic E-state index is 9.12. The van der Waals surface area contributed by atoms with Gasteiger partial charge in [0.25, 0.3) is 0 Å². The first-order valence-corrected chi connectivity index (χ1v) is 3.90. The molecule has 68 valence electrons. The van der Waals surface area contributed by atoms with Gasteiger partial charge < -0.3 is 5.11 Å². The zero-order chi connectivity index (χ0) is 9.35. The Morgan fingerprint density at radius 2 is 2.00 bits per heavy atom. The number of rotatable bonds is 1. The maximum Gasteiger partial charge on any atom is 0.202 e. The lowest BCUT2D eigenvalue weighted by Gasteiger charge is -2.15. The van der Waals surface area contributed by atoms with E-state index in [-0.39, 0.29) is 5.54 Å². The molecule has 0 aromatic carbocycles. The average Bonchev–Trinajstić information content (AvgIpc) is 2.30. The van der Waals surface area contributed by atoms with E-state index in [0.717, 1.165) is 0 Å². The Bertz CT molecular complexity index is 261. The van der Waals surface area contributed by atoms with E-state index in [4.69, 9.17) is 5.11 Å². The first-order chi connectivity index (χ1) is 5.41. The van der Waals surface area contributed by atoms with Crippen LogP contribution in [-0.4, -0.2) is 25.3 Å². The monoisotopic (exact) mass is 170 g/mol. The molecule has 5 nitrogen and oxygen atoms in total. The predicted molar refractivity (Wildman–Crippen MR) is 43.4 cm³/mol. The van der Waals surface area contributed by atoms with Gasteiger partial charge in [-0.3, -0.25) is 0 Å². The fraction of sp³-hybridized carbons (Fsp3) is 0.857. The molecule has 0 saturated heterocycles. The molecule has 0 spiro atoms. The van der Waals surface area contributed by atoms with Crippen molar-refractivity contribution in [2.45, 2.75) is 39.3 Å². The fourth-order valence-corrected chi connectivity index (χ4v) is 0.677. The summed E-state index contributed by atoms with van der Waals surface area (Å²) in [6, 6.07) is 0. The van der Waals surface area contributed by atoms with Gasteiger partial charge in [-0.2, -0.15) is 4.80 Å². The Labute approximate surface area is 71.4 Å². The van der Waals surface area contributed by atoms with E-state index >= 15 is 0 Å². The number of aliphatic hydroxyl groups excluding tert-OH is 1. The van der Waals surface area contributed by atoms with Gasteiger partial charge in [0.05, 0.1) is 5.54 Å². The van der Waals surface area contributed by atoms with Gasteiger partial charge in [-0.05, 0) is 32.9 Å². The van der Waals surface area contributed by atoms with Crippen LogP contribution in [0.4, 0.5) is 0 Å². The second kappa shape index (κ2) is 2.82. The van der Waals surface area contributed by atoms with E-state index < -0.39 is 6.10 Å². The Morgan fingerprint density at radius 1 is 1.42 bits per heavy atom. The second-order valence-corrected chi connectivity index (χ2v) is 3.78. The van der Waals surface area contributed by atoms with E-state index in [0.29, 0.717) is 5.82 Å². The molecular weight excluding hydrogens is 156 g/mol. The quantitative estimate of drug-likeness (QED) is 0.666. The van der Waals surface area contributed by atoms with E-state index in [1.54, 1.807) is 6.92 Å². The molecule has 5 heteroatoms. The fourth-order valence-electron chi connectivity index (χ4n) is 0.677. The number of tetrazole rings is 1. The molecule has 0 saturated carbocycles. The minimum absolute atomic E-state index is 0.180. The van der Waals surface area contributed by atoms with Crippen LogP contribution in [-0.2, 0) is 5.54 Å². The van der Waals surface area contributed by atoms with Crippen molar-refractivity contribution in [1.29, 1.82) is 0 Å². The molecule has 0 fully saturated rings. The second-order valence-electron chi connectivity index (χ2n) is 3.78. The van der Waals surface area contributed by atoms with E-state index in [1.165, 1.54) is 4.80 Å². The third kappa shape index (κ3) is 1.79. The van der Waals surface area contributed by atoms with Gasteiger partial charge in [0, 0.05) is 0 Å². The zero-order valence-corrected chi connectivity index (χ0v) is 7.81. The van der Waals surface area contributed by atoms with Gasteiger partial charge in [-0.15, -0.1) is 10.2 Å².